The minimum Gasteiger partial charge on any atom is -0.496 e. The molecule has 2 rings (SSSR count). The topological polar surface area (TPSA) is 63.7 Å². The number of methoxy groups -OCH3 is 1. The summed E-state index contributed by atoms with van der Waals surface area (Å²) in [6.07, 6.45) is -4.61. The molecule has 1 amide bonds. The number of rotatable bonds is 4. The highest BCUT2D eigenvalue weighted by Gasteiger charge is 2.37. The average Bonchev–Trinajstić information content (AvgIpc) is 2.75. The molecule has 5 nitrogen and oxygen atoms in total. The second-order valence-corrected chi connectivity index (χ2v) is 7.98. The zero-order chi connectivity index (χ0) is 17.4. The van der Waals surface area contributed by atoms with Gasteiger partial charge in [0.1, 0.15) is 5.75 Å². The zero-order valence-electron chi connectivity index (χ0n) is 11.9. The first kappa shape index (κ1) is 17.9. The molecule has 1 atom stereocenters. The molecule has 0 N–H and O–H groups in total. The van der Waals surface area contributed by atoms with Gasteiger partial charge in [-0.2, -0.15) is 13.2 Å². The van der Waals surface area contributed by atoms with Crippen LogP contribution in [0.1, 0.15) is 12.0 Å². The van der Waals surface area contributed by atoms with Crippen LogP contribution in [0.25, 0.3) is 0 Å². The maximum absolute atomic E-state index is 12.8. The summed E-state index contributed by atoms with van der Waals surface area (Å²) in [5, 5.41) is 0. The van der Waals surface area contributed by atoms with Crippen molar-refractivity contribution in [2.24, 2.45) is 5.92 Å². The fourth-order valence-corrected chi connectivity index (χ4v) is 3.83. The van der Waals surface area contributed by atoms with Crippen LogP contribution in [0.4, 0.5) is 18.9 Å². The number of hydrogen-bond acceptors (Lipinski definition) is 4. The van der Waals surface area contributed by atoms with E-state index in [0.717, 1.165) is 25.3 Å². The molecule has 1 aliphatic heterocycles. The molecular weight excluding hydrogens is 359 g/mol. The van der Waals surface area contributed by atoms with E-state index in [4.69, 9.17) is 15.4 Å². The number of hydrogen-bond donors (Lipinski definition) is 0. The van der Waals surface area contributed by atoms with Gasteiger partial charge in [-0.3, -0.25) is 4.79 Å². The standard InChI is InChI=1S/C13H13ClF3NO4S/c1-22-11-5-9(2-3-10(11)13(15,16)17)18-6-8(4-12(18)19)7-23(14,20)21/h2-3,5,8H,4,6-7H2,1H3. The van der Waals surface area contributed by atoms with Gasteiger partial charge >= 0.3 is 6.18 Å². The lowest BCUT2D eigenvalue weighted by atomic mass is 10.1. The van der Waals surface area contributed by atoms with Crippen molar-refractivity contribution in [2.45, 2.75) is 12.6 Å². The lowest BCUT2D eigenvalue weighted by Gasteiger charge is -2.19. The maximum atomic E-state index is 12.8. The average molecular weight is 372 g/mol. The third-order valence-electron chi connectivity index (χ3n) is 3.44. The number of alkyl halides is 3. The molecule has 23 heavy (non-hydrogen) atoms. The SMILES string of the molecule is COc1cc(N2CC(CS(=O)(=O)Cl)CC2=O)ccc1C(F)(F)F. The normalized spacial score (nSPS) is 19.3. The van der Waals surface area contributed by atoms with E-state index in [2.05, 4.69) is 0 Å². The Hall–Kier alpha value is -1.48. The smallest absolute Gasteiger partial charge is 0.419 e. The van der Waals surface area contributed by atoms with E-state index in [0.29, 0.717) is 0 Å². The van der Waals surface area contributed by atoms with Crippen LogP contribution in [-0.4, -0.2) is 33.7 Å². The van der Waals surface area contributed by atoms with Gasteiger partial charge in [-0.25, -0.2) is 8.42 Å². The number of carbonyl (C=O) groups is 1. The lowest BCUT2D eigenvalue weighted by molar-refractivity contribution is -0.138. The number of ether oxygens (including phenoxy) is 1. The molecular formula is C13H13ClF3NO4S. The van der Waals surface area contributed by atoms with Crippen molar-refractivity contribution in [3.63, 3.8) is 0 Å². The first-order chi connectivity index (χ1) is 10.5. The number of halogens is 4. The Bertz CT molecular complexity index is 720. The van der Waals surface area contributed by atoms with Gasteiger partial charge < -0.3 is 9.64 Å². The molecule has 1 aromatic rings. The Morgan fingerprint density at radius 3 is 2.57 bits per heavy atom. The summed E-state index contributed by atoms with van der Waals surface area (Å²) in [7, 11) is 2.52. The molecule has 0 radical (unpaired) electrons. The summed E-state index contributed by atoms with van der Waals surface area (Å²) in [5.41, 5.74) is -0.732. The zero-order valence-corrected chi connectivity index (χ0v) is 13.5. The van der Waals surface area contributed by atoms with Gasteiger partial charge in [0.2, 0.25) is 15.0 Å². The third kappa shape index (κ3) is 4.29. The molecule has 1 aliphatic rings. The highest BCUT2D eigenvalue weighted by Crippen LogP contribution is 2.39. The highest BCUT2D eigenvalue weighted by atomic mass is 35.7. The van der Waals surface area contributed by atoms with Gasteiger partial charge in [0.05, 0.1) is 18.4 Å². The third-order valence-corrected chi connectivity index (χ3v) is 4.69. The van der Waals surface area contributed by atoms with Crippen molar-refractivity contribution in [3.05, 3.63) is 23.8 Å². The van der Waals surface area contributed by atoms with Crippen LogP contribution in [0, 0.1) is 5.92 Å². The number of amides is 1. The molecule has 10 heteroatoms. The second kappa shape index (κ2) is 6.20. The molecule has 0 bridgehead atoms. The van der Waals surface area contributed by atoms with Crippen LogP contribution in [0.5, 0.6) is 5.75 Å². The number of nitrogens with zero attached hydrogens (tertiary/aromatic N) is 1. The number of benzene rings is 1. The number of carbonyl (C=O) groups excluding carboxylic acids is 1. The van der Waals surface area contributed by atoms with Gasteiger partial charge in [-0.1, -0.05) is 0 Å². The summed E-state index contributed by atoms with van der Waals surface area (Å²) >= 11 is 0. The fourth-order valence-electron chi connectivity index (χ4n) is 2.51. The van der Waals surface area contributed by atoms with Crippen LogP contribution >= 0.6 is 10.7 Å². The van der Waals surface area contributed by atoms with Crippen LogP contribution in [0.3, 0.4) is 0 Å². The second-order valence-electron chi connectivity index (χ2n) is 5.16. The lowest BCUT2D eigenvalue weighted by Crippen LogP contribution is -2.25. The van der Waals surface area contributed by atoms with Gasteiger partial charge in [0.15, 0.2) is 0 Å². The number of anilines is 1. The van der Waals surface area contributed by atoms with Crippen LogP contribution in [-0.2, 0) is 20.0 Å². The van der Waals surface area contributed by atoms with E-state index >= 15 is 0 Å². The molecule has 1 saturated heterocycles. The Labute approximate surface area is 135 Å². The van der Waals surface area contributed by atoms with E-state index in [9.17, 15) is 26.4 Å². The van der Waals surface area contributed by atoms with Crippen molar-refractivity contribution in [1.29, 1.82) is 0 Å². The fraction of sp³-hybridized carbons (Fsp3) is 0.462. The maximum Gasteiger partial charge on any atom is 0.419 e. The Balaban J connectivity index is 2.27. The van der Waals surface area contributed by atoms with Gasteiger partial charge in [0.25, 0.3) is 0 Å². The molecule has 0 spiro atoms. The summed E-state index contributed by atoms with van der Waals surface area (Å²) in [6.45, 7) is 0.0688. The van der Waals surface area contributed by atoms with Crippen molar-refractivity contribution in [1.82, 2.24) is 0 Å². The van der Waals surface area contributed by atoms with E-state index in [-0.39, 0.29) is 30.3 Å². The van der Waals surface area contributed by atoms with Gasteiger partial charge in [-0.15, -0.1) is 0 Å². The molecule has 0 aliphatic carbocycles. The molecule has 0 saturated carbocycles. The van der Waals surface area contributed by atoms with Crippen LogP contribution in [0.2, 0.25) is 0 Å². The quantitative estimate of drug-likeness (QED) is 0.763. The minimum absolute atomic E-state index is 0.0325. The minimum atomic E-state index is -4.58. The summed E-state index contributed by atoms with van der Waals surface area (Å²) in [5.74, 6) is -1.65. The molecule has 1 unspecified atom stereocenters. The summed E-state index contributed by atoms with van der Waals surface area (Å²) in [4.78, 5) is 13.2. The van der Waals surface area contributed by atoms with Crippen molar-refractivity contribution < 1.29 is 31.1 Å². The summed E-state index contributed by atoms with van der Waals surface area (Å²) < 4.78 is 65.4. The van der Waals surface area contributed by atoms with E-state index < -0.39 is 32.5 Å². The van der Waals surface area contributed by atoms with Gasteiger partial charge in [0, 0.05) is 41.3 Å². The monoisotopic (exact) mass is 371 g/mol. The Kier molecular flexibility index (Phi) is 4.81. The van der Waals surface area contributed by atoms with E-state index in [1.54, 1.807) is 0 Å². The van der Waals surface area contributed by atoms with Crippen molar-refractivity contribution in [2.75, 3.05) is 24.3 Å². The molecule has 0 aromatic heterocycles. The Morgan fingerprint density at radius 1 is 1.39 bits per heavy atom. The van der Waals surface area contributed by atoms with Gasteiger partial charge in [-0.05, 0) is 12.1 Å². The van der Waals surface area contributed by atoms with E-state index in [1.165, 1.54) is 4.90 Å². The molecule has 1 heterocycles. The van der Waals surface area contributed by atoms with Crippen LogP contribution < -0.4 is 9.64 Å². The van der Waals surface area contributed by atoms with Crippen LogP contribution in [0.15, 0.2) is 18.2 Å². The van der Waals surface area contributed by atoms with Crippen molar-refractivity contribution in [3.8, 4) is 5.75 Å². The molecule has 1 aromatic carbocycles. The van der Waals surface area contributed by atoms with Crippen molar-refractivity contribution >= 4 is 31.3 Å². The predicted octanol–water partition coefficient (Wildman–Crippen LogP) is 2.64. The Morgan fingerprint density at radius 2 is 2.04 bits per heavy atom. The molecule has 1 fully saturated rings. The largest absolute Gasteiger partial charge is 0.496 e. The first-order valence-corrected chi connectivity index (χ1v) is 8.97. The van der Waals surface area contributed by atoms with E-state index in [1.807, 2.05) is 0 Å². The predicted molar refractivity (Wildman–Crippen MR) is 78.1 cm³/mol. The highest BCUT2D eigenvalue weighted by molar-refractivity contribution is 8.13. The summed E-state index contributed by atoms with van der Waals surface area (Å²) in [6, 6.07) is 3.09. The molecule has 128 valence electrons. The first-order valence-electron chi connectivity index (χ1n) is 6.49.